The second-order valence-corrected chi connectivity index (χ2v) is 3.70. The molecule has 0 aliphatic rings. The van der Waals surface area contributed by atoms with Gasteiger partial charge in [0.15, 0.2) is 5.75 Å². The Bertz CT molecular complexity index is 475. The molecule has 8 nitrogen and oxygen atoms in total. The van der Waals surface area contributed by atoms with Gasteiger partial charge in [-0.05, 0) is 6.07 Å². The van der Waals surface area contributed by atoms with Gasteiger partial charge in [-0.2, -0.15) is 0 Å². The Labute approximate surface area is 115 Å². The van der Waals surface area contributed by atoms with Gasteiger partial charge >= 0.3 is 11.7 Å². The Morgan fingerprint density at radius 2 is 2.00 bits per heavy atom. The molecular weight excluding hydrogens is 270 g/mol. The number of nitro benzene ring substituents is 1. The normalized spacial score (nSPS) is 10.2. The molecule has 0 aliphatic carbocycles. The zero-order valence-electron chi connectivity index (χ0n) is 10.9. The van der Waals surface area contributed by atoms with E-state index >= 15 is 0 Å². The first-order valence-corrected chi connectivity index (χ1v) is 5.77. The van der Waals surface area contributed by atoms with Gasteiger partial charge in [0.25, 0.3) is 0 Å². The number of methoxy groups -OCH3 is 1. The van der Waals surface area contributed by atoms with E-state index < -0.39 is 10.9 Å². The number of nitrogens with zero attached hydrogens (tertiary/aromatic N) is 1. The minimum atomic E-state index is -1.18. The van der Waals surface area contributed by atoms with Crippen LogP contribution in [0.15, 0.2) is 18.2 Å². The molecule has 0 heterocycles. The van der Waals surface area contributed by atoms with Gasteiger partial charge < -0.3 is 19.3 Å². The topological polar surface area (TPSA) is 108 Å². The fourth-order valence-electron chi connectivity index (χ4n) is 1.37. The summed E-state index contributed by atoms with van der Waals surface area (Å²) in [6, 6.07) is 3.38. The summed E-state index contributed by atoms with van der Waals surface area (Å²) < 4.78 is 15.1. The van der Waals surface area contributed by atoms with E-state index in [2.05, 4.69) is 0 Å². The summed E-state index contributed by atoms with van der Waals surface area (Å²) >= 11 is 0. The minimum Gasteiger partial charge on any atom is -0.484 e. The van der Waals surface area contributed by atoms with Gasteiger partial charge in [0.1, 0.15) is 6.61 Å². The van der Waals surface area contributed by atoms with E-state index in [9.17, 15) is 14.9 Å². The van der Waals surface area contributed by atoms with Gasteiger partial charge in [0.2, 0.25) is 0 Å². The van der Waals surface area contributed by atoms with Crippen molar-refractivity contribution >= 4 is 11.7 Å². The Morgan fingerprint density at radius 1 is 1.30 bits per heavy atom. The van der Waals surface area contributed by atoms with Crippen LogP contribution in [0.4, 0.5) is 5.69 Å². The number of hydrogen-bond acceptors (Lipinski definition) is 6. The third-order valence-corrected chi connectivity index (χ3v) is 2.32. The number of ether oxygens (including phenoxy) is 3. The van der Waals surface area contributed by atoms with Crippen LogP contribution in [-0.4, -0.2) is 49.5 Å². The van der Waals surface area contributed by atoms with Crippen LogP contribution < -0.4 is 4.74 Å². The molecule has 0 aliphatic heterocycles. The predicted octanol–water partition coefficient (Wildman–Crippen LogP) is 1.33. The van der Waals surface area contributed by atoms with Crippen molar-refractivity contribution in [1.29, 1.82) is 0 Å². The molecule has 0 spiro atoms. The lowest BCUT2D eigenvalue weighted by molar-refractivity contribution is -0.385. The number of carboxylic acids is 1. The molecule has 1 N–H and O–H groups in total. The third kappa shape index (κ3) is 4.82. The van der Waals surface area contributed by atoms with Crippen molar-refractivity contribution in [2.24, 2.45) is 0 Å². The SMILES string of the molecule is COCCOCCOc1cc(C(=O)O)ccc1[N+](=O)[O-]. The zero-order chi connectivity index (χ0) is 15.0. The van der Waals surface area contributed by atoms with Crippen LogP contribution in [0.3, 0.4) is 0 Å². The van der Waals surface area contributed by atoms with Crippen molar-refractivity contribution < 1.29 is 29.0 Å². The monoisotopic (exact) mass is 285 g/mol. The summed E-state index contributed by atoms with van der Waals surface area (Å²) in [6.45, 7) is 1.12. The summed E-state index contributed by atoms with van der Waals surface area (Å²) in [5.41, 5.74) is -0.363. The number of hydrogen-bond donors (Lipinski definition) is 1. The molecule has 0 bridgehead atoms. The molecule has 110 valence electrons. The summed E-state index contributed by atoms with van der Waals surface area (Å²) in [6.07, 6.45) is 0. The van der Waals surface area contributed by atoms with Crippen LogP contribution in [0.25, 0.3) is 0 Å². The van der Waals surface area contributed by atoms with Crippen LogP contribution in [-0.2, 0) is 9.47 Å². The van der Waals surface area contributed by atoms with Crippen LogP contribution in [0, 0.1) is 10.1 Å². The Kier molecular flexibility index (Phi) is 6.41. The highest BCUT2D eigenvalue weighted by molar-refractivity contribution is 5.88. The van der Waals surface area contributed by atoms with Gasteiger partial charge in [-0.15, -0.1) is 0 Å². The molecule has 0 unspecified atom stereocenters. The van der Waals surface area contributed by atoms with Gasteiger partial charge in [-0.3, -0.25) is 10.1 Å². The van der Waals surface area contributed by atoms with Crippen molar-refractivity contribution in [3.63, 3.8) is 0 Å². The fraction of sp³-hybridized carbons (Fsp3) is 0.417. The highest BCUT2D eigenvalue weighted by Gasteiger charge is 2.17. The molecular formula is C12H15NO7. The molecule has 20 heavy (non-hydrogen) atoms. The smallest absolute Gasteiger partial charge is 0.335 e. The van der Waals surface area contributed by atoms with Crippen molar-refractivity contribution in [3.8, 4) is 5.75 Å². The fourth-order valence-corrected chi connectivity index (χ4v) is 1.37. The maximum absolute atomic E-state index is 10.8. The molecule has 0 saturated heterocycles. The van der Waals surface area contributed by atoms with Gasteiger partial charge in [-0.1, -0.05) is 0 Å². The van der Waals surface area contributed by atoms with Crippen molar-refractivity contribution in [3.05, 3.63) is 33.9 Å². The molecule has 0 saturated carbocycles. The van der Waals surface area contributed by atoms with Gasteiger partial charge in [-0.25, -0.2) is 4.79 Å². The molecule has 0 amide bonds. The van der Waals surface area contributed by atoms with E-state index in [0.29, 0.717) is 13.2 Å². The van der Waals surface area contributed by atoms with Crippen LogP contribution >= 0.6 is 0 Å². The standard InChI is InChI=1S/C12H15NO7/c1-18-4-5-19-6-7-20-11-8-9(12(14)15)2-3-10(11)13(16)17/h2-3,8H,4-7H2,1H3,(H,14,15). The number of nitro groups is 1. The maximum Gasteiger partial charge on any atom is 0.335 e. The summed E-state index contributed by atoms with van der Waals surface area (Å²) in [5, 5.41) is 19.7. The van der Waals surface area contributed by atoms with E-state index in [1.165, 1.54) is 0 Å². The Hall–Kier alpha value is -2.19. The Balaban J connectivity index is 2.63. The zero-order valence-corrected chi connectivity index (χ0v) is 10.9. The molecule has 1 rings (SSSR count). The molecule has 0 fully saturated rings. The lowest BCUT2D eigenvalue weighted by Gasteiger charge is -2.08. The second kappa shape index (κ2) is 8.08. The van der Waals surface area contributed by atoms with E-state index in [-0.39, 0.29) is 30.2 Å². The quantitative estimate of drug-likeness (QED) is 0.414. The Morgan fingerprint density at radius 3 is 2.60 bits per heavy atom. The van der Waals surface area contributed by atoms with Crippen molar-refractivity contribution in [1.82, 2.24) is 0 Å². The second-order valence-electron chi connectivity index (χ2n) is 3.70. The average Bonchev–Trinajstić information content (AvgIpc) is 2.42. The highest BCUT2D eigenvalue weighted by atomic mass is 16.6. The lowest BCUT2D eigenvalue weighted by Crippen LogP contribution is -2.11. The molecule has 1 aromatic rings. The molecule has 0 radical (unpaired) electrons. The summed E-state index contributed by atoms with van der Waals surface area (Å²) in [4.78, 5) is 21.0. The average molecular weight is 285 g/mol. The van der Waals surface area contributed by atoms with Crippen LogP contribution in [0.1, 0.15) is 10.4 Å². The molecule has 8 heteroatoms. The van der Waals surface area contributed by atoms with Crippen LogP contribution in [0.5, 0.6) is 5.75 Å². The maximum atomic E-state index is 10.8. The number of aromatic carboxylic acids is 1. The molecule has 0 atom stereocenters. The van der Waals surface area contributed by atoms with E-state index in [4.69, 9.17) is 19.3 Å². The van der Waals surface area contributed by atoms with Gasteiger partial charge in [0, 0.05) is 19.2 Å². The van der Waals surface area contributed by atoms with Crippen molar-refractivity contribution in [2.75, 3.05) is 33.5 Å². The van der Waals surface area contributed by atoms with Crippen molar-refractivity contribution in [2.45, 2.75) is 0 Å². The minimum absolute atomic E-state index is 0.0770. The first-order chi connectivity index (χ1) is 9.56. The first kappa shape index (κ1) is 15.9. The number of carbonyl (C=O) groups is 1. The number of carboxylic acid groups (broad SMARTS) is 1. The van der Waals surface area contributed by atoms with Gasteiger partial charge in [0.05, 0.1) is 30.3 Å². The highest BCUT2D eigenvalue weighted by Crippen LogP contribution is 2.27. The van der Waals surface area contributed by atoms with E-state index in [1.807, 2.05) is 0 Å². The number of rotatable bonds is 9. The molecule has 0 aromatic heterocycles. The first-order valence-electron chi connectivity index (χ1n) is 5.77. The predicted molar refractivity (Wildman–Crippen MR) is 68.2 cm³/mol. The van der Waals surface area contributed by atoms with Crippen LogP contribution in [0.2, 0.25) is 0 Å². The van der Waals surface area contributed by atoms with E-state index in [0.717, 1.165) is 18.2 Å². The number of benzene rings is 1. The summed E-state index contributed by atoms with van der Waals surface area (Å²) in [7, 11) is 1.54. The molecule has 1 aromatic carbocycles. The third-order valence-electron chi connectivity index (χ3n) is 2.32. The van der Waals surface area contributed by atoms with E-state index in [1.54, 1.807) is 7.11 Å². The summed E-state index contributed by atoms with van der Waals surface area (Å²) in [5.74, 6) is -1.27. The largest absolute Gasteiger partial charge is 0.484 e. The lowest BCUT2D eigenvalue weighted by atomic mass is 10.2.